The van der Waals surface area contributed by atoms with Crippen molar-refractivity contribution < 1.29 is 14.3 Å². The second kappa shape index (κ2) is 11.9. The van der Waals surface area contributed by atoms with Crippen LogP contribution in [0.15, 0.2) is 77.4 Å². The number of rotatable bonds is 12. The molecule has 0 aliphatic carbocycles. The SMILES string of the molecule is CCCC[C@@H](O)CN(Cc1ccco1)Cc1c(C)nn(-c2ccccc2)c1Oc1cccc(C)c1. The Morgan fingerprint density at radius 2 is 1.86 bits per heavy atom. The van der Waals surface area contributed by atoms with E-state index in [1.54, 1.807) is 6.26 Å². The maximum Gasteiger partial charge on any atom is 0.227 e. The molecule has 2 aromatic carbocycles. The molecule has 0 bridgehead atoms. The van der Waals surface area contributed by atoms with E-state index in [1.165, 1.54) is 0 Å². The normalized spacial score (nSPS) is 12.3. The van der Waals surface area contributed by atoms with Crippen LogP contribution in [0.1, 0.15) is 48.8 Å². The van der Waals surface area contributed by atoms with Crippen molar-refractivity contribution in [2.75, 3.05) is 6.54 Å². The molecule has 6 heteroatoms. The van der Waals surface area contributed by atoms with Gasteiger partial charge in [0.25, 0.3) is 0 Å². The third kappa shape index (κ3) is 6.62. The summed E-state index contributed by atoms with van der Waals surface area (Å²) in [6.45, 7) is 7.91. The summed E-state index contributed by atoms with van der Waals surface area (Å²) in [5.41, 5.74) is 3.95. The lowest BCUT2D eigenvalue weighted by atomic mass is 10.1. The minimum atomic E-state index is -0.407. The van der Waals surface area contributed by atoms with Gasteiger partial charge in [0.2, 0.25) is 5.88 Å². The molecular formula is C29H35N3O3. The fourth-order valence-corrected chi connectivity index (χ4v) is 4.22. The van der Waals surface area contributed by atoms with Crippen LogP contribution in [-0.4, -0.2) is 32.4 Å². The monoisotopic (exact) mass is 473 g/mol. The van der Waals surface area contributed by atoms with E-state index in [-0.39, 0.29) is 0 Å². The van der Waals surface area contributed by atoms with Gasteiger partial charge in [-0.3, -0.25) is 4.90 Å². The largest absolute Gasteiger partial charge is 0.468 e. The Morgan fingerprint density at radius 3 is 2.57 bits per heavy atom. The van der Waals surface area contributed by atoms with Crippen LogP contribution in [0.4, 0.5) is 0 Å². The molecule has 0 radical (unpaired) electrons. The Bertz CT molecular complexity index is 1190. The van der Waals surface area contributed by atoms with Crippen molar-refractivity contribution in [1.82, 2.24) is 14.7 Å². The first-order valence-corrected chi connectivity index (χ1v) is 12.3. The standard InChI is InChI=1S/C29H35N3O3/c1-4-5-14-25(33)19-31(20-27-16-10-17-34-27)21-28-23(3)30-32(24-12-7-6-8-13-24)29(28)35-26-15-9-11-22(2)18-26/h6-13,15-18,25,33H,4-5,14,19-21H2,1-3H3/t25-/m1/s1. The topological polar surface area (TPSA) is 63.7 Å². The molecule has 2 heterocycles. The first kappa shape index (κ1) is 24.8. The minimum Gasteiger partial charge on any atom is -0.468 e. The molecule has 0 saturated heterocycles. The number of para-hydroxylation sites is 1. The molecule has 184 valence electrons. The highest BCUT2D eigenvalue weighted by atomic mass is 16.5. The smallest absolute Gasteiger partial charge is 0.227 e. The van der Waals surface area contributed by atoms with Gasteiger partial charge in [-0.05, 0) is 62.2 Å². The van der Waals surface area contributed by atoms with Crippen LogP contribution in [0.5, 0.6) is 11.6 Å². The molecule has 1 N–H and O–H groups in total. The predicted octanol–water partition coefficient (Wildman–Crippen LogP) is 6.43. The lowest BCUT2D eigenvalue weighted by molar-refractivity contribution is 0.0915. The van der Waals surface area contributed by atoms with Gasteiger partial charge in [-0.25, -0.2) is 4.68 Å². The number of aliphatic hydroxyl groups excluding tert-OH is 1. The Balaban J connectivity index is 1.69. The van der Waals surface area contributed by atoms with Gasteiger partial charge in [-0.2, -0.15) is 5.10 Å². The van der Waals surface area contributed by atoms with Crippen LogP contribution in [0, 0.1) is 13.8 Å². The number of aryl methyl sites for hydroxylation is 2. The Morgan fingerprint density at radius 1 is 1.03 bits per heavy atom. The molecule has 0 amide bonds. The Hall–Kier alpha value is -3.35. The molecule has 0 aliphatic rings. The van der Waals surface area contributed by atoms with Gasteiger partial charge in [0.15, 0.2) is 0 Å². The lowest BCUT2D eigenvalue weighted by Crippen LogP contribution is -2.32. The number of aromatic nitrogens is 2. The number of furan rings is 1. The van der Waals surface area contributed by atoms with Gasteiger partial charge in [0.05, 0.1) is 35.9 Å². The minimum absolute atomic E-state index is 0.407. The maximum absolute atomic E-state index is 10.7. The van der Waals surface area contributed by atoms with E-state index >= 15 is 0 Å². The second-order valence-corrected chi connectivity index (χ2v) is 9.08. The molecule has 0 unspecified atom stereocenters. The molecule has 4 rings (SSSR count). The van der Waals surface area contributed by atoms with Gasteiger partial charge < -0.3 is 14.3 Å². The predicted molar refractivity (Wildman–Crippen MR) is 138 cm³/mol. The van der Waals surface area contributed by atoms with Crippen molar-refractivity contribution >= 4 is 0 Å². The summed E-state index contributed by atoms with van der Waals surface area (Å²) in [6.07, 6.45) is 4.12. The zero-order chi connectivity index (χ0) is 24.6. The number of hydrogen-bond acceptors (Lipinski definition) is 5. The first-order valence-electron chi connectivity index (χ1n) is 12.3. The molecule has 2 aromatic heterocycles. The van der Waals surface area contributed by atoms with Gasteiger partial charge in [0.1, 0.15) is 11.5 Å². The summed E-state index contributed by atoms with van der Waals surface area (Å²) in [6, 6.07) is 21.9. The molecule has 0 spiro atoms. The highest BCUT2D eigenvalue weighted by Crippen LogP contribution is 2.32. The van der Waals surface area contributed by atoms with Crippen LogP contribution in [0.2, 0.25) is 0 Å². The Kier molecular flexibility index (Phi) is 8.40. The van der Waals surface area contributed by atoms with Crippen molar-refractivity contribution in [3.05, 3.63) is 95.6 Å². The summed E-state index contributed by atoms with van der Waals surface area (Å²) in [4.78, 5) is 2.21. The van der Waals surface area contributed by atoms with Gasteiger partial charge >= 0.3 is 0 Å². The van der Waals surface area contributed by atoms with Crippen molar-refractivity contribution in [2.45, 2.75) is 59.2 Å². The fraction of sp³-hybridized carbons (Fsp3) is 0.345. The molecular weight excluding hydrogens is 438 g/mol. The lowest BCUT2D eigenvalue weighted by Gasteiger charge is -2.24. The van der Waals surface area contributed by atoms with E-state index < -0.39 is 6.10 Å². The number of benzene rings is 2. The quantitative estimate of drug-likeness (QED) is 0.257. The molecule has 0 aliphatic heterocycles. The van der Waals surface area contributed by atoms with Crippen molar-refractivity contribution in [3.63, 3.8) is 0 Å². The molecule has 6 nitrogen and oxygen atoms in total. The second-order valence-electron chi connectivity index (χ2n) is 9.08. The summed E-state index contributed by atoms with van der Waals surface area (Å²) < 4.78 is 14.0. The number of aliphatic hydroxyl groups is 1. The highest BCUT2D eigenvalue weighted by molar-refractivity contribution is 5.43. The van der Waals surface area contributed by atoms with E-state index in [9.17, 15) is 5.11 Å². The summed E-state index contributed by atoms with van der Waals surface area (Å²) in [7, 11) is 0. The molecule has 1 atom stereocenters. The number of hydrogen-bond donors (Lipinski definition) is 1. The van der Waals surface area contributed by atoms with Crippen LogP contribution in [0.3, 0.4) is 0 Å². The average Bonchev–Trinajstić information content (AvgIpc) is 3.47. The summed E-state index contributed by atoms with van der Waals surface area (Å²) in [5, 5.41) is 15.6. The van der Waals surface area contributed by atoms with Crippen molar-refractivity contribution in [2.24, 2.45) is 0 Å². The number of unbranched alkanes of at least 4 members (excludes halogenated alkanes) is 1. The van der Waals surface area contributed by atoms with E-state index in [2.05, 4.69) is 24.8 Å². The van der Waals surface area contributed by atoms with Crippen molar-refractivity contribution in [3.8, 4) is 17.3 Å². The summed E-state index contributed by atoms with van der Waals surface area (Å²) in [5.74, 6) is 2.32. The van der Waals surface area contributed by atoms with E-state index in [1.807, 2.05) is 72.3 Å². The summed E-state index contributed by atoms with van der Waals surface area (Å²) >= 11 is 0. The van der Waals surface area contributed by atoms with Gasteiger partial charge in [-0.1, -0.05) is 50.1 Å². The van der Waals surface area contributed by atoms with Gasteiger partial charge in [0, 0.05) is 13.1 Å². The fourth-order valence-electron chi connectivity index (χ4n) is 4.22. The first-order chi connectivity index (χ1) is 17.0. The van der Waals surface area contributed by atoms with E-state index in [0.29, 0.717) is 25.5 Å². The molecule has 4 aromatic rings. The molecule has 0 saturated carbocycles. The average molecular weight is 474 g/mol. The van der Waals surface area contributed by atoms with Crippen LogP contribution >= 0.6 is 0 Å². The van der Waals surface area contributed by atoms with E-state index in [0.717, 1.165) is 53.3 Å². The zero-order valence-corrected chi connectivity index (χ0v) is 20.9. The number of ether oxygens (including phenoxy) is 1. The highest BCUT2D eigenvalue weighted by Gasteiger charge is 2.23. The van der Waals surface area contributed by atoms with Gasteiger partial charge in [-0.15, -0.1) is 0 Å². The zero-order valence-electron chi connectivity index (χ0n) is 20.9. The molecule has 35 heavy (non-hydrogen) atoms. The molecule has 0 fully saturated rings. The third-order valence-corrected chi connectivity index (χ3v) is 6.04. The Labute approximate surface area is 207 Å². The van der Waals surface area contributed by atoms with E-state index in [4.69, 9.17) is 14.3 Å². The number of nitrogens with zero attached hydrogens (tertiary/aromatic N) is 3. The van der Waals surface area contributed by atoms with Crippen molar-refractivity contribution in [1.29, 1.82) is 0 Å². The van der Waals surface area contributed by atoms with Crippen LogP contribution in [-0.2, 0) is 13.1 Å². The maximum atomic E-state index is 10.7. The third-order valence-electron chi connectivity index (χ3n) is 6.04. The van der Waals surface area contributed by atoms with Crippen LogP contribution in [0.25, 0.3) is 5.69 Å². The van der Waals surface area contributed by atoms with Crippen LogP contribution < -0.4 is 4.74 Å².